The van der Waals surface area contributed by atoms with Crippen LogP contribution in [-0.2, 0) is 29.0 Å². The summed E-state index contributed by atoms with van der Waals surface area (Å²) in [6.45, 7) is 4.36. The van der Waals surface area contributed by atoms with Crippen LogP contribution in [0.25, 0.3) is 11.5 Å². The third-order valence-corrected chi connectivity index (χ3v) is 5.94. The molecule has 7 nitrogen and oxygen atoms in total. The molecule has 1 aliphatic heterocycles. The lowest BCUT2D eigenvalue weighted by molar-refractivity contribution is -0.149. The molecule has 2 heterocycles. The van der Waals surface area contributed by atoms with E-state index in [0.717, 1.165) is 28.1 Å². The van der Waals surface area contributed by atoms with E-state index in [2.05, 4.69) is 4.98 Å². The zero-order chi connectivity index (χ0) is 24.8. The van der Waals surface area contributed by atoms with Crippen molar-refractivity contribution in [1.82, 2.24) is 9.88 Å². The second-order valence-electron chi connectivity index (χ2n) is 8.33. The molecule has 0 aliphatic carbocycles. The Morgan fingerprint density at radius 2 is 1.97 bits per heavy atom. The standard InChI is InChI=1S/C28H28N2O5/c1-3-4-6-11-26(31)30-18-22-16-23(13-12-21(22)17-25(30)28(32)33)34-15-14-24-19(2)35-27(29-24)20-9-7-5-8-10-20/h3-13,16,25H,14-15,17-18H2,1-2H3,(H,32,33)/b4-3+,11-6+/t25-/m0/s1. The molecule has 2 aromatic carbocycles. The van der Waals surface area contributed by atoms with Gasteiger partial charge in [-0.05, 0) is 49.2 Å². The van der Waals surface area contributed by atoms with Crippen LogP contribution >= 0.6 is 0 Å². The highest BCUT2D eigenvalue weighted by Crippen LogP contribution is 2.28. The third-order valence-electron chi connectivity index (χ3n) is 5.94. The number of aromatic nitrogens is 1. The molecule has 0 saturated heterocycles. The summed E-state index contributed by atoms with van der Waals surface area (Å²) in [5.74, 6) is 0.675. The quantitative estimate of drug-likeness (QED) is 0.376. The van der Waals surface area contributed by atoms with Crippen LogP contribution in [0, 0.1) is 6.92 Å². The first kappa shape index (κ1) is 24.0. The van der Waals surface area contributed by atoms with Crippen molar-refractivity contribution in [2.24, 2.45) is 0 Å². The number of oxazole rings is 1. The van der Waals surface area contributed by atoms with E-state index in [-0.39, 0.29) is 18.9 Å². The Morgan fingerprint density at radius 1 is 1.17 bits per heavy atom. The molecule has 0 saturated carbocycles. The van der Waals surface area contributed by atoms with Crippen molar-refractivity contribution in [3.8, 4) is 17.2 Å². The fourth-order valence-corrected chi connectivity index (χ4v) is 4.08. The number of rotatable bonds is 8. The molecule has 180 valence electrons. The Balaban J connectivity index is 1.43. The van der Waals surface area contributed by atoms with Gasteiger partial charge in [-0.15, -0.1) is 0 Å². The Hall–Kier alpha value is -4.13. The molecule has 0 bridgehead atoms. The van der Waals surface area contributed by atoms with Crippen molar-refractivity contribution < 1.29 is 23.8 Å². The van der Waals surface area contributed by atoms with Gasteiger partial charge in [-0.25, -0.2) is 9.78 Å². The maximum absolute atomic E-state index is 12.6. The monoisotopic (exact) mass is 472 g/mol. The molecule has 0 spiro atoms. The molecule has 4 rings (SSSR count). The molecule has 1 N–H and O–H groups in total. The van der Waals surface area contributed by atoms with Crippen molar-refractivity contribution in [3.05, 3.63) is 95.4 Å². The molecule has 0 radical (unpaired) electrons. The smallest absolute Gasteiger partial charge is 0.326 e. The summed E-state index contributed by atoms with van der Waals surface area (Å²) in [4.78, 5) is 30.4. The number of carbonyl (C=O) groups is 2. The van der Waals surface area contributed by atoms with Crippen LogP contribution < -0.4 is 4.74 Å². The number of hydrogen-bond acceptors (Lipinski definition) is 5. The predicted molar refractivity (Wildman–Crippen MR) is 132 cm³/mol. The van der Waals surface area contributed by atoms with Crippen molar-refractivity contribution >= 4 is 11.9 Å². The van der Waals surface area contributed by atoms with Gasteiger partial charge in [0.15, 0.2) is 0 Å². The molecule has 1 atom stereocenters. The van der Waals surface area contributed by atoms with Gasteiger partial charge >= 0.3 is 5.97 Å². The molecular weight excluding hydrogens is 444 g/mol. The largest absolute Gasteiger partial charge is 0.493 e. The Kier molecular flexibility index (Phi) is 7.45. The molecule has 1 aliphatic rings. The molecule has 35 heavy (non-hydrogen) atoms. The van der Waals surface area contributed by atoms with Gasteiger partial charge in [0.2, 0.25) is 11.8 Å². The van der Waals surface area contributed by atoms with Crippen molar-refractivity contribution in [2.45, 2.75) is 39.3 Å². The lowest BCUT2D eigenvalue weighted by Gasteiger charge is -2.34. The maximum Gasteiger partial charge on any atom is 0.326 e. The second-order valence-corrected chi connectivity index (χ2v) is 8.33. The van der Waals surface area contributed by atoms with Gasteiger partial charge in [-0.3, -0.25) is 4.79 Å². The number of aryl methyl sites for hydroxylation is 1. The number of carboxylic acid groups (broad SMARTS) is 1. The van der Waals surface area contributed by atoms with Crippen molar-refractivity contribution in [3.63, 3.8) is 0 Å². The third kappa shape index (κ3) is 5.69. The number of carboxylic acids is 1. The van der Waals surface area contributed by atoms with Gasteiger partial charge in [0.05, 0.1) is 12.3 Å². The van der Waals surface area contributed by atoms with Crippen LogP contribution in [-0.4, -0.2) is 39.5 Å². The average molecular weight is 473 g/mol. The van der Waals surface area contributed by atoms with E-state index in [0.29, 0.717) is 24.7 Å². The first-order chi connectivity index (χ1) is 17.0. The average Bonchev–Trinajstić information content (AvgIpc) is 3.24. The Labute approximate surface area is 204 Å². The number of amides is 1. The van der Waals surface area contributed by atoms with Crippen molar-refractivity contribution in [1.29, 1.82) is 0 Å². The highest BCUT2D eigenvalue weighted by atomic mass is 16.5. The summed E-state index contributed by atoms with van der Waals surface area (Å²) >= 11 is 0. The molecule has 1 amide bonds. The normalized spacial score (nSPS) is 15.5. The van der Waals surface area contributed by atoms with E-state index in [4.69, 9.17) is 9.15 Å². The van der Waals surface area contributed by atoms with Crippen molar-refractivity contribution in [2.75, 3.05) is 6.61 Å². The van der Waals surface area contributed by atoms with E-state index < -0.39 is 12.0 Å². The van der Waals surface area contributed by atoms with E-state index in [9.17, 15) is 14.7 Å². The lowest BCUT2D eigenvalue weighted by Crippen LogP contribution is -2.48. The number of hydrogen-bond donors (Lipinski definition) is 1. The highest BCUT2D eigenvalue weighted by molar-refractivity contribution is 5.92. The summed E-state index contributed by atoms with van der Waals surface area (Å²) in [7, 11) is 0. The minimum absolute atomic E-state index is 0.214. The fourth-order valence-electron chi connectivity index (χ4n) is 4.08. The van der Waals surface area contributed by atoms with Crippen LogP contribution in [0.3, 0.4) is 0 Å². The second kappa shape index (κ2) is 10.9. The summed E-state index contributed by atoms with van der Waals surface area (Å²) in [6, 6.07) is 14.5. The maximum atomic E-state index is 12.6. The zero-order valence-corrected chi connectivity index (χ0v) is 19.8. The fraction of sp³-hybridized carbons (Fsp3) is 0.250. The Morgan fingerprint density at radius 3 is 2.71 bits per heavy atom. The number of benzene rings is 2. The van der Waals surface area contributed by atoms with E-state index in [1.54, 1.807) is 18.2 Å². The summed E-state index contributed by atoms with van der Waals surface area (Å²) in [5, 5.41) is 9.66. The number of fused-ring (bicyclic) bond motifs is 1. The van der Waals surface area contributed by atoms with E-state index in [1.807, 2.05) is 62.4 Å². The first-order valence-electron chi connectivity index (χ1n) is 11.6. The molecule has 1 aromatic heterocycles. The van der Waals surface area contributed by atoms with Gasteiger partial charge in [-0.1, -0.05) is 42.5 Å². The number of aliphatic carboxylic acids is 1. The van der Waals surface area contributed by atoms with Gasteiger partial charge < -0.3 is 19.2 Å². The van der Waals surface area contributed by atoms with Crippen LogP contribution in [0.15, 0.2) is 77.3 Å². The van der Waals surface area contributed by atoms with E-state index in [1.165, 1.54) is 11.0 Å². The summed E-state index contributed by atoms with van der Waals surface area (Å²) in [5.41, 5.74) is 3.57. The zero-order valence-electron chi connectivity index (χ0n) is 19.8. The summed E-state index contributed by atoms with van der Waals surface area (Å²) < 4.78 is 11.8. The topological polar surface area (TPSA) is 92.9 Å². The summed E-state index contributed by atoms with van der Waals surface area (Å²) in [6.07, 6.45) is 7.39. The van der Waals surface area contributed by atoms with E-state index >= 15 is 0 Å². The molecule has 3 aromatic rings. The van der Waals surface area contributed by atoms with Crippen LogP contribution in [0.1, 0.15) is 29.5 Å². The molecule has 7 heteroatoms. The van der Waals surface area contributed by atoms with Gasteiger partial charge in [0.25, 0.3) is 0 Å². The van der Waals surface area contributed by atoms with Gasteiger partial charge in [0.1, 0.15) is 17.6 Å². The van der Waals surface area contributed by atoms with Gasteiger partial charge in [0, 0.05) is 31.0 Å². The minimum atomic E-state index is -1.01. The van der Waals surface area contributed by atoms with Gasteiger partial charge in [-0.2, -0.15) is 0 Å². The molecule has 0 unspecified atom stereocenters. The SMILES string of the molecule is C/C=C/C=C/C(=O)N1Cc2cc(OCCc3nc(-c4ccccc4)oc3C)ccc2C[C@H]1C(=O)O. The molecular formula is C28H28N2O5. The van der Waals surface area contributed by atoms with Crippen LogP contribution in [0.4, 0.5) is 0 Å². The number of carbonyl (C=O) groups excluding carboxylic acids is 1. The number of nitrogens with zero attached hydrogens (tertiary/aromatic N) is 2. The Bertz CT molecular complexity index is 1260. The number of allylic oxidation sites excluding steroid dienone is 3. The number of ether oxygens (including phenoxy) is 1. The first-order valence-corrected chi connectivity index (χ1v) is 11.6. The minimum Gasteiger partial charge on any atom is -0.493 e. The van der Waals surface area contributed by atoms with Crippen LogP contribution in [0.2, 0.25) is 0 Å². The molecule has 0 fully saturated rings. The predicted octanol–water partition coefficient (Wildman–Crippen LogP) is 4.74. The van der Waals surface area contributed by atoms with Crippen LogP contribution in [0.5, 0.6) is 5.75 Å². The lowest BCUT2D eigenvalue weighted by atomic mass is 9.93. The highest BCUT2D eigenvalue weighted by Gasteiger charge is 2.33.